The molecule has 2 aliphatic rings. The molecule has 2 aromatic heterocycles. The molecule has 0 radical (unpaired) electrons. The fourth-order valence-corrected chi connectivity index (χ4v) is 3.97. The summed E-state index contributed by atoms with van der Waals surface area (Å²) in [6, 6.07) is 3.88. The van der Waals surface area contributed by atoms with Gasteiger partial charge in [-0.2, -0.15) is 5.26 Å². The van der Waals surface area contributed by atoms with Gasteiger partial charge < -0.3 is 19.6 Å². The number of pyridine rings is 1. The number of amides is 1. The summed E-state index contributed by atoms with van der Waals surface area (Å²) >= 11 is 0. The smallest absolute Gasteiger partial charge is 0.531 e. The Balaban J connectivity index is 1.75. The van der Waals surface area contributed by atoms with Gasteiger partial charge in [0.1, 0.15) is 17.8 Å². The minimum absolute atomic E-state index is 0.0594. The maximum Gasteiger partial charge on any atom is 0.552 e. The Hall–Kier alpha value is -2.79. The monoisotopic (exact) mass is 350 g/mol. The molecule has 0 aliphatic carbocycles. The van der Waals surface area contributed by atoms with E-state index >= 15 is 0 Å². The summed E-state index contributed by atoms with van der Waals surface area (Å²) in [5.74, 6) is 2.54. The molecule has 1 amide bonds. The van der Waals surface area contributed by atoms with Gasteiger partial charge in [-0.1, -0.05) is 6.92 Å². The first-order valence-corrected chi connectivity index (χ1v) is 8.76. The fourth-order valence-electron chi connectivity index (χ4n) is 3.97. The van der Waals surface area contributed by atoms with Gasteiger partial charge in [0, 0.05) is 36.2 Å². The Bertz CT molecular complexity index is 932. The van der Waals surface area contributed by atoms with Crippen LogP contribution in [0.4, 0.5) is 0 Å². The van der Waals surface area contributed by atoms with Crippen LogP contribution in [-0.4, -0.2) is 46.0 Å². The van der Waals surface area contributed by atoms with Gasteiger partial charge >= 0.3 is 7.12 Å². The maximum atomic E-state index is 12.2. The van der Waals surface area contributed by atoms with Crippen molar-refractivity contribution in [3.8, 4) is 11.8 Å². The molecule has 1 saturated heterocycles. The van der Waals surface area contributed by atoms with Crippen molar-refractivity contribution >= 4 is 29.6 Å². The van der Waals surface area contributed by atoms with Crippen LogP contribution in [0.3, 0.4) is 0 Å². The van der Waals surface area contributed by atoms with Crippen molar-refractivity contribution in [1.29, 1.82) is 5.26 Å². The summed E-state index contributed by atoms with van der Waals surface area (Å²) in [6.45, 7) is 3.36. The van der Waals surface area contributed by atoms with E-state index in [2.05, 4.69) is 16.9 Å². The highest BCUT2D eigenvalue weighted by atomic mass is 16.5. The predicted molar refractivity (Wildman–Crippen MR) is 96.8 cm³/mol. The normalized spacial score (nSPS) is 22.4. The fraction of sp³-hybridized carbons (Fsp3) is 0.389. The lowest BCUT2D eigenvalue weighted by atomic mass is 9.72. The highest BCUT2D eigenvalue weighted by Crippen LogP contribution is 2.43. The molecule has 0 saturated carbocycles. The molecule has 4 heterocycles. The van der Waals surface area contributed by atoms with Gasteiger partial charge in [0.2, 0.25) is 5.91 Å². The molecular weight excluding hydrogens is 331 g/mol. The number of aromatic amines is 1. The maximum absolute atomic E-state index is 12.2. The number of carbonyl (C=O) groups is 1. The van der Waals surface area contributed by atoms with Crippen LogP contribution in [0.2, 0.25) is 0 Å². The number of piperidine rings is 1. The second-order valence-corrected chi connectivity index (χ2v) is 6.91. The molecule has 2 aromatic rings. The van der Waals surface area contributed by atoms with Crippen molar-refractivity contribution in [3.63, 3.8) is 0 Å². The summed E-state index contributed by atoms with van der Waals surface area (Å²) in [5, 5.41) is 19.9. The third kappa shape index (κ3) is 2.74. The van der Waals surface area contributed by atoms with E-state index in [1.165, 1.54) is 0 Å². The summed E-state index contributed by atoms with van der Waals surface area (Å²) in [4.78, 5) is 21.4. The van der Waals surface area contributed by atoms with Gasteiger partial charge in [-0.05, 0) is 30.0 Å². The van der Waals surface area contributed by atoms with Gasteiger partial charge in [0.15, 0.2) is 0 Å². The van der Waals surface area contributed by atoms with E-state index in [1.807, 2.05) is 18.3 Å². The number of nitriles is 1. The molecule has 7 nitrogen and oxygen atoms in total. The van der Waals surface area contributed by atoms with Gasteiger partial charge in [-0.3, -0.25) is 4.79 Å². The Morgan fingerprint density at radius 2 is 2.46 bits per heavy atom. The lowest BCUT2D eigenvalue weighted by molar-refractivity contribution is -0.132. The van der Waals surface area contributed by atoms with Crippen molar-refractivity contribution in [2.75, 3.05) is 13.1 Å². The molecule has 26 heavy (non-hydrogen) atoms. The zero-order chi connectivity index (χ0) is 18.3. The number of carbonyl (C=O) groups excluding carboxylic acids is 1. The molecule has 2 N–H and O–H groups in total. The molecule has 1 unspecified atom stereocenters. The van der Waals surface area contributed by atoms with Crippen molar-refractivity contribution in [2.24, 2.45) is 11.8 Å². The minimum atomic E-state index is -1.03. The van der Waals surface area contributed by atoms with Crippen molar-refractivity contribution < 1.29 is 14.5 Å². The minimum Gasteiger partial charge on any atom is -0.531 e. The number of hydrogen-bond acceptors (Lipinski definition) is 5. The quantitative estimate of drug-likeness (QED) is 0.804. The molecule has 132 valence electrons. The van der Waals surface area contributed by atoms with E-state index in [0.717, 1.165) is 28.6 Å². The van der Waals surface area contributed by atoms with Gasteiger partial charge in [0.05, 0.1) is 12.3 Å². The van der Waals surface area contributed by atoms with Crippen molar-refractivity contribution in [2.45, 2.75) is 19.8 Å². The van der Waals surface area contributed by atoms with E-state index in [1.54, 1.807) is 17.1 Å². The third-order valence-electron chi connectivity index (χ3n) is 5.35. The van der Waals surface area contributed by atoms with Crippen molar-refractivity contribution in [3.05, 3.63) is 30.0 Å². The number of hydrogen-bond donors (Lipinski definition) is 2. The number of nitrogens with zero attached hydrogens (tertiary/aromatic N) is 3. The number of rotatable bonds is 2. The molecule has 0 aromatic carbocycles. The molecular formula is C18H19BN4O3. The first-order valence-electron chi connectivity index (χ1n) is 8.76. The van der Waals surface area contributed by atoms with E-state index in [4.69, 9.17) is 9.92 Å². The second kappa shape index (κ2) is 6.50. The highest BCUT2D eigenvalue weighted by molar-refractivity contribution is 6.52. The summed E-state index contributed by atoms with van der Waals surface area (Å²) in [5.41, 5.74) is 2.66. The van der Waals surface area contributed by atoms with Crippen molar-refractivity contribution in [1.82, 2.24) is 14.9 Å². The Kier molecular flexibility index (Phi) is 4.17. The van der Waals surface area contributed by atoms with E-state index < -0.39 is 7.12 Å². The first kappa shape index (κ1) is 16.7. The number of aromatic nitrogens is 2. The number of nitrogens with one attached hydrogen (secondary N) is 1. The average molecular weight is 350 g/mol. The number of fused-ring (bicyclic) bond motifs is 3. The van der Waals surface area contributed by atoms with Crippen LogP contribution in [-0.2, 0) is 4.79 Å². The summed E-state index contributed by atoms with van der Waals surface area (Å²) in [6.07, 6.45) is 4.20. The molecule has 4 rings (SSSR count). The summed E-state index contributed by atoms with van der Waals surface area (Å²) < 4.78 is 5.56. The van der Waals surface area contributed by atoms with Crippen LogP contribution >= 0.6 is 0 Å². The Morgan fingerprint density at radius 3 is 3.27 bits per heavy atom. The number of H-pyrrole nitrogens is 1. The average Bonchev–Trinajstić information content (AvgIpc) is 3.10. The van der Waals surface area contributed by atoms with Crippen LogP contribution in [0.5, 0.6) is 5.75 Å². The molecule has 1 fully saturated rings. The zero-order valence-corrected chi connectivity index (χ0v) is 14.5. The molecule has 8 heteroatoms. The Morgan fingerprint density at radius 1 is 1.62 bits per heavy atom. The zero-order valence-electron chi connectivity index (χ0n) is 14.5. The van der Waals surface area contributed by atoms with Crippen LogP contribution in [0.15, 0.2) is 24.4 Å². The van der Waals surface area contributed by atoms with E-state index in [9.17, 15) is 9.82 Å². The van der Waals surface area contributed by atoms with Gasteiger partial charge in [-0.25, -0.2) is 4.98 Å². The topological polar surface area (TPSA) is 102 Å². The van der Waals surface area contributed by atoms with E-state index in [-0.39, 0.29) is 18.2 Å². The Labute approximate surface area is 151 Å². The van der Waals surface area contributed by atoms with Crippen LogP contribution in [0.1, 0.15) is 25.3 Å². The third-order valence-corrected chi connectivity index (χ3v) is 5.35. The SMILES string of the molecule is C[C@@H]1CCN(C(=O)CC#N)CC1C1=CB(O)Oc2cnc3[nH]ccc3c21. The molecule has 0 bridgehead atoms. The van der Waals surface area contributed by atoms with Gasteiger partial charge in [-0.15, -0.1) is 0 Å². The van der Waals surface area contributed by atoms with Crippen LogP contribution in [0.25, 0.3) is 16.6 Å². The predicted octanol–water partition coefficient (Wildman–Crippen LogP) is 1.76. The lowest BCUT2D eigenvalue weighted by Gasteiger charge is -2.39. The second-order valence-electron chi connectivity index (χ2n) is 6.91. The molecule has 2 aliphatic heterocycles. The molecule has 0 spiro atoms. The first-order chi connectivity index (χ1) is 12.6. The summed E-state index contributed by atoms with van der Waals surface area (Å²) in [7, 11) is -1.03. The largest absolute Gasteiger partial charge is 0.552 e. The number of likely N-dealkylation sites (tertiary alicyclic amines) is 1. The standard InChI is InChI=1S/C18H19BN4O3/c1-11-4-7-23(16(24)2-5-20)10-14(11)13-8-19(25)26-15-9-22-18-12(17(13)15)3-6-21-18/h3,6,8-9,11,14,25H,2,4,7,10H2,1H3,(H,21,22)/t11-,14?/m1/s1. The lowest BCUT2D eigenvalue weighted by Crippen LogP contribution is -2.44. The van der Waals surface area contributed by atoms with Crippen LogP contribution < -0.4 is 4.65 Å². The highest BCUT2D eigenvalue weighted by Gasteiger charge is 2.36. The van der Waals surface area contributed by atoms with Gasteiger partial charge in [0.25, 0.3) is 0 Å². The molecule has 2 atom stereocenters. The van der Waals surface area contributed by atoms with E-state index in [0.29, 0.717) is 24.8 Å². The van der Waals surface area contributed by atoms with Crippen LogP contribution in [0, 0.1) is 23.2 Å².